The summed E-state index contributed by atoms with van der Waals surface area (Å²) >= 11 is 6.01. The average molecular weight is 323 g/mol. The van der Waals surface area contributed by atoms with E-state index in [0.717, 1.165) is 0 Å². The smallest absolute Gasteiger partial charge is 0.272 e. The van der Waals surface area contributed by atoms with Gasteiger partial charge < -0.3 is 19.8 Å². The first-order valence-corrected chi connectivity index (χ1v) is 6.77. The lowest BCUT2D eigenvalue weighted by Gasteiger charge is -2.12. The fourth-order valence-corrected chi connectivity index (χ4v) is 2.11. The Bertz CT molecular complexity index is 724. The molecule has 0 radical (unpaired) electrons. The van der Waals surface area contributed by atoms with Crippen LogP contribution in [0.5, 0.6) is 11.5 Å². The van der Waals surface area contributed by atoms with Crippen molar-refractivity contribution in [2.24, 2.45) is 0 Å². The van der Waals surface area contributed by atoms with Crippen LogP contribution in [-0.4, -0.2) is 30.9 Å². The van der Waals surface area contributed by atoms with E-state index in [1.54, 1.807) is 18.2 Å². The largest absolute Gasteiger partial charge is 0.495 e. The molecular weight excluding hydrogens is 308 g/mol. The number of nitrogens with one attached hydrogen (secondary N) is 2. The second-order valence-electron chi connectivity index (χ2n) is 4.48. The molecule has 0 aliphatic heterocycles. The van der Waals surface area contributed by atoms with Gasteiger partial charge in [-0.1, -0.05) is 11.6 Å². The van der Waals surface area contributed by atoms with Crippen molar-refractivity contribution in [3.63, 3.8) is 0 Å². The number of hydrogen-bond acceptors (Lipinski definition) is 4. The zero-order chi connectivity index (χ0) is 16.3. The molecule has 116 valence electrons. The van der Waals surface area contributed by atoms with E-state index in [9.17, 15) is 9.59 Å². The van der Waals surface area contributed by atoms with Gasteiger partial charge in [-0.05, 0) is 12.1 Å². The fourth-order valence-electron chi connectivity index (χ4n) is 1.88. The summed E-state index contributed by atoms with van der Waals surface area (Å²) in [4.78, 5) is 26.2. The maximum absolute atomic E-state index is 12.2. The summed E-state index contributed by atoms with van der Waals surface area (Å²) in [6.45, 7) is 1.42. The number of carbonyl (C=O) groups excluding carboxylic acids is 2. The molecule has 0 saturated carbocycles. The summed E-state index contributed by atoms with van der Waals surface area (Å²) in [6.07, 6.45) is 0. The van der Waals surface area contributed by atoms with Crippen LogP contribution in [0, 0.1) is 0 Å². The molecule has 1 aromatic heterocycles. The van der Waals surface area contributed by atoms with Crippen LogP contribution in [0.1, 0.15) is 27.9 Å². The van der Waals surface area contributed by atoms with E-state index in [-0.39, 0.29) is 11.5 Å². The van der Waals surface area contributed by atoms with Crippen LogP contribution >= 0.6 is 11.6 Å². The van der Waals surface area contributed by atoms with Gasteiger partial charge in [-0.25, -0.2) is 0 Å². The van der Waals surface area contributed by atoms with Crippen molar-refractivity contribution >= 4 is 29.0 Å². The summed E-state index contributed by atoms with van der Waals surface area (Å²) in [6, 6.07) is 6.20. The second-order valence-corrected chi connectivity index (χ2v) is 4.89. The minimum Gasteiger partial charge on any atom is -0.495 e. The molecule has 2 rings (SSSR count). The Hall–Kier alpha value is -2.47. The zero-order valence-corrected chi connectivity index (χ0v) is 13.1. The Morgan fingerprint density at radius 3 is 2.27 bits per heavy atom. The number of amides is 1. The highest BCUT2D eigenvalue weighted by Crippen LogP contribution is 2.36. The highest BCUT2D eigenvalue weighted by Gasteiger charge is 2.15. The molecule has 0 saturated heterocycles. The molecule has 0 aliphatic carbocycles. The van der Waals surface area contributed by atoms with Crippen molar-refractivity contribution < 1.29 is 19.1 Å². The molecule has 2 aromatic rings. The summed E-state index contributed by atoms with van der Waals surface area (Å²) in [5.41, 5.74) is 1.04. The number of H-pyrrole nitrogens is 1. The minimum absolute atomic E-state index is 0.148. The number of Topliss-reactive ketones (excluding diaryl/α,β-unsaturated/α-hetero) is 1. The van der Waals surface area contributed by atoms with Gasteiger partial charge in [0.15, 0.2) is 5.78 Å². The third-order valence-corrected chi connectivity index (χ3v) is 3.33. The van der Waals surface area contributed by atoms with Gasteiger partial charge in [0.1, 0.15) is 17.2 Å². The van der Waals surface area contributed by atoms with Crippen LogP contribution in [-0.2, 0) is 0 Å². The number of aromatic amines is 1. The number of benzene rings is 1. The van der Waals surface area contributed by atoms with E-state index >= 15 is 0 Å². The normalized spacial score (nSPS) is 10.2. The molecule has 0 spiro atoms. The number of methoxy groups -OCH3 is 2. The molecule has 0 bridgehead atoms. The molecule has 1 aromatic carbocycles. The highest BCUT2D eigenvalue weighted by atomic mass is 35.5. The first-order valence-electron chi connectivity index (χ1n) is 6.39. The summed E-state index contributed by atoms with van der Waals surface area (Å²) in [5, 5.41) is 3.06. The van der Waals surface area contributed by atoms with Crippen molar-refractivity contribution in [1.29, 1.82) is 0 Å². The molecule has 0 unspecified atom stereocenters. The van der Waals surface area contributed by atoms with Crippen LogP contribution in [0.3, 0.4) is 0 Å². The quantitative estimate of drug-likeness (QED) is 0.829. The molecule has 1 heterocycles. The van der Waals surface area contributed by atoms with E-state index in [1.807, 2.05) is 0 Å². The van der Waals surface area contributed by atoms with Gasteiger partial charge in [0.25, 0.3) is 5.91 Å². The maximum Gasteiger partial charge on any atom is 0.272 e. The number of ketones is 1. The maximum atomic E-state index is 12.2. The van der Waals surface area contributed by atoms with Crippen molar-refractivity contribution in [3.8, 4) is 11.5 Å². The summed E-state index contributed by atoms with van der Waals surface area (Å²) in [7, 11) is 2.94. The van der Waals surface area contributed by atoms with Crippen LogP contribution in [0.4, 0.5) is 5.69 Å². The monoisotopic (exact) mass is 322 g/mol. The van der Waals surface area contributed by atoms with Gasteiger partial charge in [-0.15, -0.1) is 0 Å². The fraction of sp³-hybridized carbons (Fsp3) is 0.200. The first-order chi connectivity index (χ1) is 10.5. The van der Waals surface area contributed by atoms with Crippen LogP contribution in [0.15, 0.2) is 24.3 Å². The van der Waals surface area contributed by atoms with Gasteiger partial charge in [0.05, 0.1) is 30.6 Å². The number of carbonyl (C=O) groups is 2. The van der Waals surface area contributed by atoms with Crippen molar-refractivity contribution in [2.45, 2.75) is 6.92 Å². The standard InChI is InChI=1S/C15H15ClN2O4/c1-8(19)10-4-5-11(17-10)15(20)18-12-7-13(21-2)9(16)6-14(12)22-3/h4-7,17H,1-3H3,(H,18,20). The highest BCUT2D eigenvalue weighted by molar-refractivity contribution is 6.32. The second kappa shape index (κ2) is 6.53. The predicted octanol–water partition coefficient (Wildman–Crippen LogP) is 3.14. The number of rotatable bonds is 5. The molecule has 6 nitrogen and oxygen atoms in total. The Balaban J connectivity index is 2.28. The molecule has 0 fully saturated rings. The SMILES string of the molecule is COc1cc(NC(=O)c2ccc(C(C)=O)[nH]2)c(OC)cc1Cl. The number of anilines is 1. The molecule has 1 amide bonds. The Morgan fingerprint density at radius 2 is 1.73 bits per heavy atom. The molecule has 0 aliphatic rings. The number of halogens is 1. The lowest BCUT2D eigenvalue weighted by Crippen LogP contribution is -2.13. The lowest BCUT2D eigenvalue weighted by atomic mass is 10.2. The summed E-state index contributed by atoms with van der Waals surface area (Å²) < 4.78 is 10.3. The van der Waals surface area contributed by atoms with Gasteiger partial charge in [0, 0.05) is 19.1 Å². The van der Waals surface area contributed by atoms with Crippen LogP contribution < -0.4 is 14.8 Å². The third kappa shape index (κ3) is 3.23. The minimum atomic E-state index is -0.407. The lowest BCUT2D eigenvalue weighted by molar-refractivity contribution is 0.101. The Morgan fingerprint density at radius 1 is 1.09 bits per heavy atom. The molecule has 7 heteroatoms. The third-order valence-electron chi connectivity index (χ3n) is 3.03. The van der Waals surface area contributed by atoms with Crippen LogP contribution in [0.2, 0.25) is 5.02 Å². The molecule has 22 heavy (non-hydrogen) atoms. The predicted molar refractivity (Wildman–Crippen MR) is 83.3 cm³/mol. The van der Waals surface area contributed by atoms with E-state index in [2.05, 4.69) is 10.3 Å². The summed E-state index contributed by atoms with van der Waals surface area (Å²) in [5.74, 6) is 0.256. The number of aromatic nitrogens is 1. The molecule has 2 N–H and O–H groups in total. The van der Waals surface area contributed by atoms with Crippen molar-refractivity contribution in [3.05, 3.63) is 40.7 Å². The van der Waals surface area contributed by atoms with Gasteiger partial charge in [-0.2, -0.15) is 0 Å². The van der Waals surface area contributed by atoms with E-state index < -0.39 is 5.91 Å². The van der Waals surface area contributed by atoms with E-state index in [1.165, 1.54) is 27.2 Å². The molecular formula is C15H15ClN2O4. The van der Waals surface area contributed by atoms with Crippen molar-refractivity contribution in [2.75, 3.05) is 19.5 Å². The van der Waals surface area contributed by atoms with E-state index in [0.29, 0.717) is 27.9 Å². The number of hydrogen-bond donors (Lipinski definition) is 2. The zero-order valence-electron chi connectivity index (χ0n) is 12.3. The molecule has 0 atom stereocenters. The Kier molecular flexibility index (Phi) is 4.72. The van der Waals surface area contributed by atoms with Gasteiger partial charge >= 0.3 is 0 Å². The topological polar surface area (TPSA) is 80.4 Å². The van der Waals surface area contributed by atoms with Gasteiger partial charge in [-0.3, -0.25) is 9.59 Å². The number of ether oxygens (including phenoxy) is 2. The van der Waals surface area contributed by atoms with E-state index in [4.69, 9.17) is 21.1 Å². The van der Waals surface area contributed by atoms with Crippen molar-refractivity contribution in [1.82, 2.24) is 4.98 Å². The van der Waals surface area contributed by atoms with Crippen LogP contribution in [0.25, 0.3) is 0 Å². The Labute approximate surface area is 132 Å². The first kappa shape index (κ1) is 15.9. The average Bonchev–Trinajstić information content (AvgIpc) is 2.98. The van der Waals surface area contributed by atoms with Gasteiger partial charge in [0.2, 0.25) is 0 Å².